The van der Waals surface area contributed by atoms with Crippen LogP contribution in [0.3, 0.4) is 0 Å². The van der Waals surface area contributed by atoms with Crippen molar-refractivity contribution in [1.82, 2.24) is 0 Å². The van der Waals surface area contributed by atoms with Crippen LogP contribution in [0.15, 0.2) is 53.5 Å². The average Bonchev–Trinajstić information content (AvgIpc) is 3.27. The van der Waals surface area contributed by atoms with E-state index in [1.807, 2.05) is 41.3 Å². The van der Waals surface area contributed by atoms with Crippen LogP contribution in [-0.4, -0.2) is 63.1 Å². The highest BCUT2D eigenvalue weighted by molar-refractivity contribution is 8.14. The third-order valence-electron chi connectivity index (χ3n) is 5.32. The summed E-state index contributed by atoms with van der Waals surface area (Å²) >= 11 is 1.24. The van der Waals surface area contributed by atoms with Crippen LogP contribution < -0.4 is 14.4 Å². The molecule has 0 saturated carbocycles. The number of thioether (sulfide) groups is 1. The van der Waals surface area contributed by atoms with Crippen LogP contribution in [0, 0.1) is 0 Å². The number of methoxy groups -OCH3 is 2. The van der Waals surface area contributed by atoms with Crippen molar-refractivity contribution in [2.45, 2.75) is 18.7 Å². The normalized spacial score (nSPS) is 21.1. The molecule has 0 aromatic heterocycles. The number of sulfone groups is 1. The molecule has 0 bridgehead atoms. The molecule has 0 radical (unpaired) electrons. The maximum Gasteiger partial charge on any atom is 0.316 e. The molecular weight excluding hydrogens is 452 g/mol. The largest absolute Gasteiger partial charge is 0.497 e. The monoisotopic (exact) mass is 476 g/mol. The van der Waals surface area contributed by atoms with E-state index in [1.54, 1.807) is 26.4 Å². The van der Waals surface area contributed by atoms with Crippen molar-refractivity contribution in [2.24, 2.45) is 4.99 Å². The summed E-state index contributed by atoms with van der Waals surface area (Å²) < 4.78 is 40.6. The Morgan fingerprint density at radius 1 is 1.12 bits per heavy atom. The Bertz CT molecular complexity index is 1120. The highest BCUT2D eigenvalue weighted by Crippen LogP contribution is 2.40. The number of fused-ring (bicyclic) bond motifs is 1. The predicted octanol–water partition coefficient (Wildman–Crippen LogP) is 2.52. The van der Waals surface area contributed by atoms with Gasteiger partial charge in [-0.3, -0.25) is 9.79 Å². The number of hydrogen-bond donors (Lipinski definition) is 0. The van der Waals surface area contributed by atoms with Crippen LogP contribution in [0.5, 0.6) is 11.5 Å². The number of hydrogen-bond acceptors (Lipinski definition) is 9. The zero-order valence-electron chi connectivity index (χ0n) is 17.8. The summed E-state index contributed by atoms with van der Waals surface area (Å²) in [6, 6.07) is 14.1. The molecule has 2 aromatic carbocycles. The van der Waals surface area contributed by atoms with Gasteiger partial charge in [-0.2, -0.15) is 0 Å². The van der Waals surface area contributed by atoms with E-state index in [0.717, 1.165) is 5.56 Å². The van der Waals surface area contributed by atoms with Crippen molar-refractivity contribution in [3.63, 3.8) is 0 Å². The first-order valence-electron chi connectivity index (χ1n) is 10.0. The Morgan fingerprint density at radius 3 is 2.62 bits per heavy atom. The zero-order valence-corrected chi connectivity index (χ0v) is 19.4. The van der Waals surface area contributed by atoms with Crippen LogP contribution in [0.4, 0.5) is 5.69 Å². The Kier molecular flexibility index (Phi) is 6.61. The highest BCUT2D eigenvalue weighted by atomic mass is 32.2. The second-order valence-corrected chi connectivity index (χ2v) is 10.6. The fourth-order valence-corrected chi connectivity index (χ4v) is 6.56. The number of ether oxygens (including phenoxy) is 3. The Morgan fingerprint density at radius 2 is 1.91 bits per heavy atom. The molecule has 0 aliphatic carbocycles. The SMILES string of the molecule is COc1ccc(N2C(SCC(=O)OCc3ccccc3)=N[C@H]3CS(=O)(=O)C[C@H]32)c(OC)c1. The lowest BCUT2D eigenvalue weighted by molar-refractivity contribution is -0.141. The van der Waals surface area contributed by atoms with Crippen molar-refractivity contribution in [2.75, 3.05) is 36.4 Å². The minimum absolute atomic E-state index is 0.00113. The molecule has 4 rings (SSSR count). The van der Waals surface area contributed by atoms with E-state index >= 15 is 0 Å². The van der Waals surface area contributed by atoms with E-state index in [4.69, 9.17) is 14.2 Å². The van der Waals surface area contributed by atoms with Gasteiger partial charge in [0.1, 0.15) is 18.1 Å². The molecule has 2 aliphatic heterocycles. The van der Waals surface area contributed by atoms with Gasteiger partial charge in [0.05, 0.1) is 49.2 Å². The van der Waals surface area contributed by atoms with Gasteiger partial charge in [-0.15, -0.1) is 0 Å². The lowest BCUT2D eigenvalue weighted by atomic mass is 10.1. The first-order chi connectivity index (χ1) is 15.4. The van der Waals surface area contributed by atoms with E-state index in [9.17, 15) is 13.2 Å². The molecule has 2 aliphatic rings. The van der Waals surface area contributed by atoms with E-state index < -0.39 is 9.84 Å². The van der Waals surface area contributed by atoms with Crippen molar-refractivity contribution in [1.29, 1.82) is 0 Å². The molecule has 0 spiro atoms. The van der Waals surface area contributed by atoms with Gasteiger partial charge in [-0.05, 0) is 17.7 Å². The summed E-state index contributed by atoms with van der Waals surface area (Å²) in [5.41, 5.74) is 1.59. The fourth-order valence-electron chi connectivity index (χ4n) is 3.80. The molecule has 1 saturated heterocycles. The molecule has 32 heavy (non-hydrogen) atoms. The second-order valence-electron chi connectivity index (χ2n) is 7.47. The van der Waals surface area contributed by atoms with Gasteiger partial charge in [-0.25, -0.2) is 8.42 Å². The standard InChI is InChI=1S/C22H24N2O6S2/c1-28-16-8-9-18(20(10-16)29-2)24-19-14-32(26,27)13-17(19)23-22(24)31-12-21(25)30-11-15-6-4-3-5-7-15/h3-10,17,19H,11-14H2,1-2H3/t17-,19+/m0/s1. The van der Waals surface area contributed by atoms with Gasteiger partial charge in [0, 0.05) is 6.07 Å². The quantitative estimate of drug-likeness (QED) is 0.563. The molecule has 0 unspecified atom stereocenters. The number of amidine groups is 1. The Labute approximate surface area is 191 Å². The van der Waals surface area contributed by atoms with Gasteiger partial charge >= 0.3 is 5.97 Å². The lowest BCUT2D eigenvalue weighted by Crippen LogP contribution is -2.39. The van der Waals surface area contributed by atoms with Crippen molar-refractivity contribution in [3.8, 4) is 11.5 Å². The molecule has 10 heteroatoms. The van der Waals surface area contributed by atoms with Gasteiger partial charge in [0.25, 0.3) is 0 Å². The molecule has 2 atom stereocenters. The Balaban J connectivity index is 1.51. The smallest absolute Gasteiger partial charge is 0.316 e. The Hall–Kier alpha value is -2.72. The van der Waals surface area contributed by atoms with Gasteiger partial charge in [0.15, 0.2) is 15.0 Å². The maximum atomic E-state index is 12.3. The van der Waals surface area contributed by atoms with Crippen molar-refractivity contribution < 1.29 is 27.4 Å². The summed E-state index contributed by atoms with van der Waals surface area (Å²) in [6.45, 7) is 0.201. The van der Waals surface area contributed by atoms with Gasteiger partial charge in [-0.1, -0.05) is 42.1 Å². The molecule has 8 nitrogen and oxygen atoms in total. The number of carbonyl (C=O) groups excluding carboxylic acids is 1. The number of nitrogens with zero attached hydrogens (tertiary/aromatic N) is 2. The number of aliphatic imine (C=N–C) groups is 1. The predicted molar refractivity (Wildman–Crippen MR) is 124 cm³/mol. The van der Waals surface area contributed by atoms with Crippen LogP contribution in [-0.2, 0) is 26.0 Å². The number of anilines is 1. The number of carbonyl (C=O) groups is 1. The van der Waals surface area contributed by atoms with Crippen molar-refractivity contribution in [3.05, 3.63) is 54.1 Å². The number of rotatable bonds is 7. The van der Waals surface area contributed by atoms with E-state index in [2.05, 4.69) is 4.99 Å². The number of benzene rings is 2. The van der Waals surface area contributed by atoms with Crippen LogP contribution in [0.1, 0.15) is 5.56 Å². The summed E-state index contributed by atoms with van der Waals surface area (Å²) in [4.78, 5) is 18.8. The fraction of sp³-hybridized carbons (Fsp3) is 0.364. The zero-order chi connectivity index (χ0) is 22.7. The minimum atomic E-state index is -3.19. The summed E-state index contributed by atoms with van der Waals surface area (Å²) in [7, 11) is -0.0810. The first kappa shape index (κ1) is 22.5. The summed E-state index contributed by atoms with van der Waals surface area (Å²) in [6.07, 6.45) is 0. The lowest BCUT2D eigenvalue weighted by Gasteiger charge is -2.28. The van der Waals surface area contributed by atoms with E-state index in [-0.39, 0.29) is 41.9 Å². The molecular formula is C22H24N2O6S2. The second kappa shape index (κ2) is 9.41. The van der Waals surface area contributed by atoms with Crippen LogP contribution in [0.25, 0.3) is 0 Å². The van der Waals surface area contributed by atoms with E-state index in [0.29, 0.717) is 22.4 Å². The van der Waals surface area contributed by atoms with Gasteiger partial charge < -0.3 is 19.1 Å². The molecule has 2 aromatic rings. The molecule has 170 valence electrons. The average molecular weight is 477 g/mol. The molecule has 2 heterocycles. The third kappa shape index (κ3) is 4.86. The maximum absolute atomic E-state index is 12.3. The third-order valence-corrected chi connectivity index (χ3v) is 7.95. The van der Waals surface area contributed by atoms with Crippen LogP contribution in [0.2, 0.25) is 0 Å². The topological polar surface area (TPSA) is 94.5 Å². The summed E-state index contributed by atoms with van der Waals surface area (Å²) in [5.74, 6) is 0.846. The summed E-state index contributed by atoms with van der Waals surface area (Å²) in [5, 5.41) is 0.579. The number of esters is 1. The molecule has 0 amide bonds. The minimum Gasteiger partial charge on any atom is -0.497 e. The van der Waals surface area contributed by atoms with E-state index in [1.165, 1.54) is 11.8 Å². The first-order valence-corrected chi connectivity index (χ1v) is 12.8. The highest BCUT2D eigenvalue weighted by Gasteiger charge is 2.47. The van der Waals surface area contributed by atoms with Crippen LogP contribution >= 0.6 is 11.8 Å². The van der Waals surface area contributed by atoms with Gasteiger partial charge in [0.2, 0.25) is 0 Å². The van der Waals surface area contributed by atoms with Crippen molar-refractivity contribution >= 4 is 38.4 Å². The molecule has 1 fully saturated rings. The molecule has 0 N–H and O–H groups in total.